The summed E-state index contributed by atoms with van der Waals surface area (Å²) in [6, 6.07) is 16.7. The lowest BCUT2D eigenvalue weighted by Crippen LogP contribution is -2.36. The minimum Gasteiger partial charge on any atom is -0.487 e. The van der Waals surface area contributed by atoms with Gasteiger partial charge in [0, 0.05) is 31.0 Å². The first kappa shape index (κ1) is 20.0. The summed E-state index contributed by atoms with van der Waals surface area (Å²) in [5.74, 6) is 1.27. The predicted molar refractivity (Wildman–Crippen MR) is 121 cm³/mol. The van der Waals surface area contributed by atoms with E-state index in [1.165, 1.54) is 0 Å². The Morgan fingerprint density at radius 2 is 2.00 bits per heavy atom. The third-order valence-corrected chi connectivity index (χ3v) is 5.24. The highest BCUT2D eigenvalue weighted by Gasteiger charge is 2.13. The van der Waals surface area contributed by atoms with Gasteiger partial charge in [-0.25, -0.2) is 9.97 Å². The highest BCUT2D eigenvalue weighted by Crippen LogP contribution is 2.19. The van der Waals surface area contributed by atoms with Crippen molar-refractivity contribution in [1.82, 2.24) is 14.4 Å². The van der Waals surface area contributed by atoms with Crippen molar-refractivity contribution in [1.29, 1.82) is 0 Å². The summed E-state index contributed by atoms with van der Waals surface area (Å²) < 4.78 is 13.2. The van der Waals surface area contributed by atoms with Crippen molar-refractivity contribution in [2.24, 2.45) is 0 Å². The molecule has 1 amide bonds. The van der Waals surface area contributed by atoms with Crippen LogP contribution in [0.3, 0.4) is 0 Å². The number of nitrogens with one attached hydrogen (secondary N) is 1. The number of hydrogen-bond acceptors (Lipinski definition) is 6. The first-order chi connectivity index (χ1) is 15.7. The van der Waals surface area contributed by atoms with Gasteiger partial charge in [0.25, 0.3) is 5.91 Å². The molecule has 0 unspecified atom stereocenters. The standard InChI is InChI=1S/C24H23N5O3/c30-24(27-19-7-8-22(25-15-19)28-10-12-31-13-11-28)18-4-3-5-21(14-18)32-17-20-16-29-9-2-1-6-23(29)26-20/h1-9,14-16H,10-13,17H2,(H,27,30). The molecular weight excluding hydrogens is 406 g/mol. The summed E-state index contributed by atoms with van der Waals surface area (Å²) in [5.41, 5.74) is 2.84. The van der Waals surface area contributed by atoms with Crippen LogP contribution in [-0.4, -0.2) is 46.6 Å². The van der Waals surface area contributed by atoms with Crippen molar-refractivity contribution in [2.45, 2.75) is 6.61 Å². The summed E-state index contributed by atoms with van der Waals surface area (Å²) in [5, 5.41) is 2.89. The number of morpholine rings is 1. The van der Waals surface area contributed by atoms with E-state index in [-0.39, 0.29) is 5.91 Å². The summed E-state index contributed by atoms with van der Waals surface area (Å²) in [6.07, 6.45) is 5.55. The number of hydrogen-bond donors (Lipinski definition) is 1. The van der Waals surface area contributed by atoms with Crippen LogP contribution in [0.25, 0.3) is 5.65 Å². The fraction of sp³-hybridized carbons (Fsp3) is 0.208. The van der Waals surface area contributed by atoms with E-state index in [4.69, 9.17) is 9.47 Å². The molecule has 0 bridgehead atoms. The van der Waals surface area contributed by atoms with E-state index in [1.54, 1.807) is 24.4 Å². The number of pyridine rings is 2. The third kappa shape index (κ3) is 4.55. The van der Waals surface area contributed by atoms with Gasteiger partial charge in [0.15, 0.2) is 0 Å². The number of fused-ring (bicyclic) bond motifs is 1. The minimum atomic E-state index is -0.218. The first-order valence-corrected chi connectivity index (χ1v) is 10.5. The van der Waals surface area contributed by atoms with Crippen LogP contribution in [0.2, 0.25) is 0 Å². The average Bonchev–Trinajstić information content (AvgIpc) is 3.27. The van der Waals surface area contributed by atoms with Gasteiger partial charge in [-0.2, -0.15) is 0 Å². The van der Waals surface area contributed by atoms with Crippen LogP contribution < -0.4 is 15.0 Å². The van der Waals surface area contributed by atoms with E-state index in [0.29, 0.717) is 36.8 Å². The Morgan fingerprint density at radius 1 is 1.09 bits per heavy atom. The van der Waals surface area contributed by atoms with Crippen LogP contribution in [0.15, 0.2) is 73.2 Å². The van der Waals surface area contributed by atoms with Crippen LogP contribution in [0.5, 0.6) is 5.75 Å². The molecule has 32 heavy (non-hydrogen) atoms. The average molecular weight is 429 g/mol. The van der Waals surface area contributed by atoms with Gasteiger partial charge in [0.05, 0.1) is 30.8 Å². The topological polar surface area (TPSA) is 81.0 Å². The second kappa shape index (κ2) is 9.07. The number of benzene rings is 1. The zero-order valence-corrected chi connectivity index (χ0v) is 17.5. The third-order valence-electron chi connectivity index (χ3n) is 5.24. The Kier molecular flexibility index (Phi) is 5.67. The molecule has 5 rings (SSSR count). The Hall–Kier alpha value is -3.91. The number of ether oxygens (including phenoxy) is 2. The molecule has 0 saturated carbocycles. The zero-order chi connectivity index (χ0) is 21.8. The largest absolute Gasteiger partial charge is 0.487 e. The van der Waals surface area contributed by atoms with E-state index in [2.05, 4.69) is 20.2 Å². The molecule has 1 aromatic carbocycles. The summed E-state index contributed by atoms with van der Waals surface area (Å²) in [6.45, 7) is 3.37. The fourth-order valence-electron chi connectivity index (χ4n) is 3.58. The molecule has 4 aromatic rings. The van der Waals surface area contributed by atoms with Gasteiger partial charge in [-0.3, -0.25) is 4.79 Å². The van der Waals surface area contributed by atoms with E-state index < -0.39 is 0 Å². The van der Waals surface area contributed by atoms with Crippen LogP contribution >= 0.6 is 0 Å². The molecule has 3 aromatic heterocycles. The Bertz CT molecular complexity index is 1180. The van der Waals surface area contributed by atoms with E-state index in [1.807, 2.05) is 53.2 Å². The summed E-state index contributed by atoms with van der Waals surface area (Å²) >= 11 is 0. The number of carbonyl (C=O) groups excluding carboxylic acids is 1. The quantitative estimate of drug-likeness (QED) is 0.506. The summed E-state index contributed by atoms with van der Waals surface area (Å²) in [7, 11) is 0. The molecule has 1 aliphatic heterocycles. The molecule has 1 fully saturated rings. The van der Waals surface area contributed by atoms with Crippen molar-refractivity contribution in [3.8, 4) is 5.75 Å². The van der Waals surface area contributed by atoms with Gasteiger partial charge < -0.3 is 24.1 Å². The van der Waals surface area contributed by atoms with Gasteiger partial charge in [-0.15, -0.1) is 0 Å². The molecule has 0 aliphatic carbocycles. The number of imidazole rings is 1. The predicted octanol–water partition coefficient (Wildman–Crippen LogP) is 3.40. The second-order valence-electron chi connectivity index (χ2n) is 7.47. The number of carbonyl (C=O) groups is 1. The maximum Gasteiger partial charge on any atom is 0.255 e. The summed E-state index contributed by atoms with van der Waals surface area (Å²) in [4.78, 5) is 23.9. The van der Waals surface area contributed by atoms with E-state index >= 15 is 0 Å². The minimum absolute atomic E-state index is 0.218. The van der Waals surface area contributed by atoms with Crippen molar-refractivity contribution in [3.63, 3.8) is 0 Å². The van der Waals surface area contributed by atoms with Crippen molar-refractivity contribution in [2.75, 3.05) is 36.5 Å². The Balaban J connectivity index is 1.21. The lowest BCUT2D eigenvalue weighted by atomic mass is 10.2. The Morgan fingerprint density at radius 3 is 2.81 bits per heavy atom. The van der Waals surface area contributed by atoms with Crippen LogP contribution in [0, 0.1) is 0 Å². The van der Waals surface area contributed by atoms with E-state index in [9.17, 15) is 4.79 Å². The van der Waals surface area contributed by atoms with Crippen LogP contribution in [0.1, 0.15) is 16.1 Å². The molecule has 4 heterocycles. The molecule has 1 N–H and O–H groups in total. The maximum absolute atomic E-state index is 12.7. The second-order valence-corrected chi connectivity index (χ2v) is 7.47. The Labute approximate surface area is 185 Å². The number of amides is 1. The molecule has 162 valence electrons. The normalized spacial score (nSPS) is 13.8. The van der Waals surface area contributed by atoms with Crippen LogP contribution in [-0.2, 0) is 11.3 Å². The molecule has 1 aliphatic rings. The monoisotopic (exact) mass is 429 g/mol. The SMILES string of the molecule is O=C(Nc1ccc(N2CCOCC2)nc1)c1cccc(OCc2cn3ccccc3n2)c1. The fourth-order valence-corrected chi connectivity index (χ4v) is 3.58. The van der Waals surface area contributed by atoms with Crippen molar-refractivity contribution >= 4 is 23.1 Å². The van der Waals surface area contributed by atoms with Gasteiger partial charge in [0.1, 0.15) is 23.8 Å². The molecule has 0 atom stereocenters. The molecule has 0 spiro atoms. The van der Waals surface area contributed by atoms with Gasteiger partial charge in [-0.1, -0.05) is 12.1 Å². The molecule has 0 radical (unpaired) electrons. The maximum atomic E-state index is 12.7. The molecule has 8 nitrogen and oxygen atoms in total. The number of aromatic nitrogens is 3. The highest BCUT2D eigenvalue weighted by molar-refractivity contribution is 6.04. The van der Waals surface area contributed by atoms with Crippen molar-refractivity contribution < 1.29 is 14.3 Å². The molecule has 8 heteroatoms. The zero-order valence-electron chi connectivity index (χ0n) is 17.5. The number of nitrogens with zero attached hydrogens (tertiary/aromatic N) is 4. The number of anilines is 2. The molecular formula is C24H23N5O3. The highest BCUT2D eigenvalue weighted by atomic mass is 16.5. The van der Waals surface area contributed by atoms with Gasteiger partial charge >= 0.3 is 0 Å². The number of rotatable bonds is 6. The smallest absolute Gasteiger partial charge is 0.255 e. The van der Waals surface area contributed by atoms with Gasteiger partial charge in [-0.05, 0) is 42.5 Å². The first-order valence-electron chi connectivity index (χ1n) is 10.5. The van der Waals surface area contributed by atoms with Crippen molar-refractivity contribution in [3.05, 3.63) is 84.4 Å². The van der Waals surface area contributed by atoms with E-state index in [0.717, 1.165) is 30.2 Å². The van der Waals surface area contributed by atoms with Crippen LogP contribution in [0.4, 0.5) is 11.5 Å². The molecule has 1 saturated heterocycles. The lowest BCUT2D eigenvalue weighted by Gasteiger charge is -2.27. The van der Waals surface area contributed by atoms with Gasteiger partial charge in [0.2, 0.25) is 0 Å². The lowest BCUT2D eigenvalue weighted by molar-refractivity contribution is 0.102.